The van der Waals surface area contributed by atoms with Gasteiger partial charge in [0.2, 0.25) is 0 Å². The summed E-state index contributed by atoms with van der Waals surface area (Å²) < 4.78 is 0. The summed E-state index contributed by atoms with van der Waals surface area (Å²) in [5.74, 6) is 0. The molecule has 12 heavy (non-hydrogen) atoms. The first kappa shape index (κ1) is 9.37. The van der Waals surface area contributed by atoms with Crippen LogP contribution in [0.5, 0.6) is 0 Å². The predicted octanol–water partition coefficient (Wildman–Crippen LogP) is 3.00. The third-order valence-electron chi connectivity index (χ3n) is 2.13. The Balaban J connectivity index is 2.38. The van der Waals surface area contributed by atoms with Gasteiger partial charge in [-0.05, 0) is 18.9 Å². The van der Waals surface area contributed by atoms with E-state index in [-0.39, 0.29) is 0 Å². The number of allylic oxidation sites excluding steroid dienone is 3. The van der Waals surface area contributed by atoms with Crippen LogP contribution in [0.3, 0.4) is 0 Å². The molecule has 1 rings (SSSR count). The average molecular weight is 165 g/mol. The highest BCUT2D eigenvalue weighted by molar-refractivity contribution is 5.19. The van der Waals surface area contributed by atoms with Crippen LogP contribution in [0.1, 0.15) is 39.5 Å². The highest BCUT2D eigenvalue weighted by Gasteiger charge is 2.07. The first-order valence-corrected chi connectivity index (χ1v) is 5.00. The average Bonchev–Trinajstić information content (AvgIpc) is 2.06. The molecule has 0 saturated carbocycles. The molecular formula is C11H19N. The fourth-order valence-corrected chi connectivity index (χ4v) is 1.54. The summed E-state index contributed by atoms with van der Waals surface area (Å²) in [5, 5.41) is 3.53. The second kappa shape index (κ2) is 5.02. The van der Waals surface area contributed by atoms with Crippen molar-refractivity contribution < 1.29 is 0 Å². The van der Waals surface area contributed by atoms with Gasteiger partial charge in [0.15, 0.2) is 0 Å². The van der Waals surface area contributed by atoms with Crippen molar-refractivity contribution in [3.05, 3.63) is 23.9 Å². The molecule has 0 aliphatic carbocycles. The molecule has 0 bridgehead atoms. The molecule has 0 spiro atoms. The fourth-order valence-electron chi connectivity index (χ4n) is 1.54. The minimum atomic E-state index is 0.585. The Bertz CT molecular complexity index is 179. The molecule has 0 fully saturated rings. The van der Waals surface area contributed by atoms with Crippen LogP contribution in [-0.4, -0.2) is 6.04 Å². The summed E-state index contributed by atoms with van der Waals surface area (Å²) in [6.45, 7) is 4.45. The largest absolute Gasteiger partial charge is 0.382 e. The molecule has 0 saturated heterocycles. The van der Waals surface area contributed by atoms with E-state index in [1.807, 2.05) is 0 Å². The lowest BCUT2D eigenvalue weighted by molar-refractivity contribution is 0.582. The van der Waals surface area contributed by atoms with Crippen molar-refractivity contribution >= 4 is 0 Å². The van der Waals surface area contributed by atoms with Gasteiger partial charge in [-0.1, -0.05) is 38.8 Å². The Kier molecular flexibility index (Phi) is 3.92. The van der Waals surface area contributed by atoms with Crippen molar-refractivity contribution in [2.45, 2.75) is 45.6 Å². The molecular weight excluding hydrogens is 146 g/mol. The maximum Gasteiger partial charge on any atom is 0.0444 e. The van der Waals surface area contributed by atoms with Crippen LogP contribution in [0.2, 0.25) is 0 Å². The third-order valence-corrected chi connectivity index (χ3v) is 2.13. The van der Waals surface area contributed by atoms with E-state index in [4.69, 9.17) is 0 Å². The Labute approximate surface area is 75.6 Å². The second-order valence-corrected chi connectivity index (χ2v) is 3.37. The molecule has 1 heteroatoms. The minimum Gasteiger partial charge on any atom is -0.382 e. The summed E-state index contributed by atoms with van der Waals surface area (Å²) in [6, 6.07) is 0.585. The van der Waals surface area contributed by atoms with Gasteiger partial charge in [0, 0.05) is 11.7 Å². The zero-order chi connectivity index (χ0) is 8.81. The molecule has 0 aromatic carbocycles. The summed E-state index contributed by atoms with van der Waals surface area (Å²) in [7, 11) is 0. The van der Waals surface area contributed by atoms with Gasteiger partial charge in [0.05, 0.1) is 0 Å². The van der Waals surface area contributed by atoms with Crippen LogP contribution in [0.15, 0.2) is 23.9 Å². The molecule has 0 radical (unpaired) electrons. The molecule has 1 heterocycles. The highest BCUT2D eigenvalue weighted by atomic mass is 14.9. The molecule has 0 amide bonds. The van der Waals surface area contributed by atoms with Gasteiger partial charge in [-0.25, -0.2) is 0 Å². The van der Waals surface area contributed by atoms with Crippen LogP contribution in [0, 0.1) is 0 Å². The van der Waals surface area contributed by atoms with Crippen molar-refractivity contribution in [1.82, 2.24) is 5.32 Å². The van der Waals surface area contributed by atoms with Crippen molar-refractivity contribution in [2.24, 2.45) is 0 Å². The number of hydrogen-bond donors (Lipinski definition) is 1. The molecule has 0 aromatic heterocycles. The Morgan fingerprint density at radius 3 is 2.83 bits per heavy atom. The van der Waals surface area contributed by atoms with Crippen LogP contribution in [-0.2, 0) is 0 Å². The number of dihydropyridines is 1. The molecule has 1 N–H and O–H groups in total. The lowest BCUT2D eigenvalue weighted by Gasteiger charge is -2.20. The van der Waals surface area contributed by atoms with E-state index in [1.165, 1.54) is 31.4 Å². The normalized spacial score (nSPS) is 21.8. The fraction of sp³-hybridized carbons (Fsp3) is 0.636. The zero-order valence-electron chi connectivity index (χ0n) is 8.14. The van der Waals surface area contributed by atoms with Gasteiger partial charge in [0.1, 0.15) is 0 Å². The smallest absolute Gasteiger partial charge is 0.0444 e. The van der Waals surface area contributed by atoms with Crippen LogP contribution in [0.4, 0.5) is 0 Å². The SMILES string of the molecule is CCCC1=CC=CC(CCC)N1. The molecule has 1 aliphatic heterocycles. The number of hydrogen-bond acceptors (Lipinski definition) is 1. The van der Waals surface area contributed by atoms with Crippen LogP contribution in [0.25, 0.3) is 0 Å². The summed E-state index contributed by atoms with van der Waals surface area (Å²) >= 11 is 0. The number of rotatable bonds is 4. The minimum absolute atomic E-state index is 0.585. The molecule has 0 aromatic rings. The Hall–Kier alpha value is -0.720. The highest BCUT2D eigenvalue weighted by Crippen LogP contribution is 2.10. The quantitative estimate of drug-likeness (QED) is 0.675. The lowest BCUT2D eigenvalue weighted by Crippen LogP contribution is -2.28. The standard InChI is InChI=1S/C11H19N/c1-3-6-10-8-5-9-11(12-10)7-4-2/h5,8-10,12H,3-4,6-7H2,1-2H3. The van der Waals surface area contributed by atoms with Gasteiger partial charge in [-0.3, -0.25) is 0 Å². The first-order chi connectivity index (χ1) is 5.86. The van der Waals surface area contributed by atoms with Crippen LogP contribution < -0.4 is 5.32 Å². The molecule has 1 nitrogen and oxygen atoms in total. The van der Waals surface area contributed by atoms with Gasteiger partial charge in [-0.15, -0.1) is 0 Å². The molecule has 1 aliphatic rings. The predicted molar refractivity (Wildman–Crippen MR) is 54.0 cm³/mol. The van der Waals surface area contributed by atoms with E-state index in [0.717, 1.165) is 0 Å². The monoisotopic (exact) mass is 165 g/mol. The van der Waals surface area contributed by atoms with E-state index >= 15 is 0 Å². The van der Waals surface area contributed by atoms with Crippen molar-refractivity contribution in [3.8, 4) is 0 Å². The van der Waals surface area contributed by atoms with E-state index in [2.05, 4.69) is 37.4 Å². The Morgan fingerprint density at radius 1 is 1.33 bits per heavy atom. The van der Waals surface area contributed by atoms with E-state index in [9.17, 15) is 0 Å². The summed E-state index contributed by atoms with van der Waals surface area (Å²) in [5.41, 5.74) is 1.40. The number of nitrogens with one attached hydrogen (secondary N) is 1. The third kappa shape index (κ3) is 2.72. The van der Waals surface area contributed by atoms with E-state index < -0.39 is 0 Å². The van der Waals surface area contributed by atoms with E-state index in [0.29, 0.717) is 6.04 Å². The van der Waals surface area contributed by atoms with Gasteiger partial charge in [-0.2, -0.15) is 0 Å². The lowest BCUT2D eigenvalue weighted by atomic mass is 10.1. The van der Waals surface area contributed by atoms with Crippen LogP contribution >= 0.6 is 0 Å². The van der Waals surface area contributed by atoms with E-state index in [1.54, 1.807) is 0 Å². The molecule has 68 valence electrons. The maximum atomic E-state index is 3.53. The zero-order valence-corrected chi connectivity index (χ0v) is 8.14. The molecule has 1 atom stereocenters. The topological polar surface area (TPSA) is 12.0 Å². The van der Waals surface area contributed by atoms with Gasteiger partial charge >= 0.3 is 0 Å². The van der Waals surface area contributed by atoms with Crippen molar-refractivity contribution in [1.29, 1.82) is 0 Å². The van der Waals surface area contributed by atoms with Gasteiger partial charge in [0.25, 0.3) is 0 Å². The van der Waals surface area contributed by atoms with Crippen molar-refractivity contribution in [3.63, 3.8) is 0 Å². The first-order valence-electron chi connectivity index (χ1n) is 5.00. The van der Waals surface area contributed by atoms with Crippen molar-refractivity contribution in [2.75, 3.05) is 0 Å². The maximum absolute atomic E-state index is 3.53. The Morgan fingerprint density at radius 2 is 2.17 bits per heavy atom. The van der Waals surface area contributed by atoms with Gasteiger partial charge < -0.3 is 5.32 Å². The second-order valence-electron chi connectivity index (χ2n) is 3.37. The molecule has 1 unspecified atom stereocenters. The summed E-state index contributed by atoms with van der Waals surface area (Å²) in [4.78, 5) is 0. The summed E-state index contributed by atoms with van der Waals surface area (Å²) in [6.07, 6.45) is 11.5.